The molecule has 1 aliphatic carbocycles. The average Bonchev–Trinajstić information content (AvgIpc) is 3.05. The standard InChI is InChI=1S/C25H22F2N2O4S/c1-33-21-13-18(27)6-7-22(21)34(31,32)29-19-12-16(10-15-4-2-5-17(26)11-15)23-20(14-19)25(8-3-9-25)24(30)28-23/h2,4-7,11-14,29H,3,8-10H2,1H3,(H,28,30). The van der Waals surface area contributed by atoms with E-state index in [0.717, 1.165) is 30.2 Å². The van der Waals surface area contributed by atoms with Crippen LogP contribution >= 0.6 is 0 Å². The highest BCUT2D eigenvalue weighted by Crippen LogP contribution is 2.53. The molecular weight excluding hydrogens is 462 g/mol. The Kier molecular flexibility index (Phi) is 5.31. The number of hydrogen-bond donors (Lipinski definition) is 2. The first-order valence-electron chi connectivity index (χ1n) is 10.8. The molecule has 1 heterocycles. The molecule has 0 saturated heterocycles. The summed E-state index contributed by atoms with van der Waals surface area (Å²) in [5.41, 5.74) is 2.33. The van der Waals surface area contributed by atoms with E-state index in [0.29, 0.717) is 36.1 Å². The molecule has 9 heteroatoms. The molecule has 176 valence electrons. The van der Waals surface area contributed by atoms with Crippen molar-refractivity contribution < 1.29 is 26.7 Å². The number of carbonyl (C=O) groups excluding carboxylic acids is 1. The molecular formula is C25H22F2N2O4S. The molecule has 1 amide bonds. The van der Waals surface area contributed by atoms with Crippen LogP contribution in [0.25, 0.3) is 0 Å². The Morgan fingerprint density at radius 1 is 1.06 bits per heavy atom. The summed E-state index contributed by atoms with van der Waals surface area (Å²) in [6.07, 6.45) is 2.54. The number of rotatable bonds is 6. The summed E-state index contributed by atoms with van der Waals surface area (Å²) >= 11 is 0. The van der Waals surface area contributed by atoms with Gasteiger partial charge < -0.3 is 10.1 Å². The number of fused-ring (bicyclic) bond motifs is 2. The molecule has 6 nitrogen and oxygen atoms in total. The molecule has 0 aromatic heterocycles. The molecule has 2 N–H and O–H groups in total. The van der Waals surface area contributed by atoms with Crippen molar-refractivity contribution in [3.8, 4) is 5.75 Å². The minimum atomic E-state index is -4.13. The van der Waals surface area contributed by atoms with Crippen molar-refractivity contribution in [1.82, 2.24) is 0 Å². The van der Waals surface area contributed by atoms with Crippen molar-refractivity contribution in [3.05, 3.63) is 82.9 Å². The van der Waals surface area contributed by atoms with Gasteiger partial charge in [0.25, 0.3) is 10.0 Å². The van der Waals surface area contributed by atoms with Crippen LogP contribution in [0.2, 0.25) is 0 Å². The van der Waals surface area contributed by atoms with Crippen LogP contribution in [0.1, 0.15) is 36.0 Å². The molecule has 0 unspecified atom stereocenters. The van der Waals surface area contributed by atoms with Crippen LogP contribution in [-0.2, 0) is 26.7 Å². The maximum absolute atomic E-state index is 13.8. The van der Waals surface area contributed by atoms with Gasteiger partial charge in [0.2, 0.25) is 5.91 Å². The fraction of sp³-hybridized carbons (Fsp3) is 0.240. The van der Waals surface area contributed by atoms with Crippen LogP contribution in [0.3, 0.4) is 0 Å². The van der Waals surface area contributed by atoms with Gasteiger partial charge in [-0.3, -0.25) is 9.52 Å². The average molecular weight is 485 g/mol. The summed E-state index contributed by atoms with van der Waals surface area (Å²) in [5.74, 6) is -1.23. The number of hydrogen-bond acceptors (Lipinski definition) is 4. The normalized spacial score (nSPS) is 16.0. The smallest absolute Gasteiger partial charge is 0.265 e. The fourth-order valence-electron chi connectivity index (χ4n) is 4.75. The number of nitrogens with one attached hydrogen (secondary N) is 2. The molecule has 5 rings (SSSR count). The number of benzene rings is 3. The van der Waals surface area contributed by atoms with E-state index >= 15 is 0 Å². The van der Waals surface area contributed by atoms with Crippen LogP contribution in [-0.4, -0.2) is 21.4 Å². The largest absolute Gasteiger partial charge is 0.495 e. The second-order valence-electron chi connectivity index (χ2n) is 8.66. The molecule has 3 aromatic carbocycles. The zero-order valence-corrected chi connectivity index (χ0v) is 19.1. The van der Waals surface area contributed by atoms with E-state index in [9.17, 15) is 22.0 Å². The lowest BCUT2D eigenvalue weighted by Crippen LogP contribution is -2.40. The van der Waals surface area contributed by atoms with Gasteiger partial charge in [0.1, 0.15) is 22.3 Å². The van der Waals surface area contributed by atoms with Crippen molar-refractivity contribution in [1.29, 1.82) is 0 Å². The summed E-state index contributed by atoms with van der Waals surface area (Å²) < 4.78 is 61.3. The molecule has 1 fully saturated rings. The topological polar surface area (TPSA) is 84.5 Å². The molecule has 2 aliphatic rings. The quantitative estimate of drug-likeness (QED) is 0.530. The zero-order chi connectivity index (χ0) is 24.1. The lowest BCUT2D eigenvalue weighted by atomic mass is 9.65. The first-order valence-corrected chi connectivity index (χ1v) is 12.3. The second kappa shape index (κ2) is 8.09. The lowest BCUT2D eigenvalue weighted by Gasteiger charge is -2.36. The summed E-state index contributed by atoms with van der Waals surface area (Å²) in [4.78, 5) is 12.7. The highest BCUT2D eigenvalue weighted by Gasteiger charge is 2.51. The van der Waals surface area contributed by atoms with Gasteiger partial charge in [0, 0.05) is 17.4 Å². The van der Waals surface area contributed by atoms with Gasteiger partial charge in [-0.15, -0.1) is 0 Å². The van der Waals surface area contributed by atoms with Crippen LogP contribution in [0.4, 0.5) is 20.2 Å². The highest BCUT2D eigenvalue weighted by atomic mass is 32.2. The summed E-state index contributed by atoms with van der Waals surface area (Å²) in [6, 6.07) is 12.6. The van der Waals surface area contributed by atoms with Crippen molar-refractivity contribution in [2.75, 3.05) is 17.1 Å². The molecule has 1 saturated carbocycles. The SMILES string of the molecule is COc1cc(F)ccc1S(=O)(=O)Nc1cc(Cc2cccc(F)c2)c2c(c1)C1(CCC1)C(=O)N2. The van der Waals surface area contributed by atoms with E-state index in [-0.39, 0.29) is 28.1 Å². The maximum atomic E-state index is 13.8. The summed E-state index contributed by atoms with van der Waals surface area (Å²) in [5, 5.41) is 2.97. The van der Waals surface area contributed by atoms with Crippen LogP contribution in [0.5, 0.6) is 5.75 Å². The molecule has 0 bridgehead atoms. The minimum Gasteiger partial charge on any atom is -0.495 e. The first-order chi connectivity index (χ1) is 16.2. The van der Waals surface area contributed by atoms with Gasteiger partial charge >= 0.3 is 0 Å². The Morgan fingerprint density at radius 3 is 2.50 bits per heavy atom. The molecule has 1 spiro atoms. The molecule has 3 aromatic rings. The Hall–Kier alpha value is -3.46. The molecule has 1 aliphatic heterocycles. The van der Waals surface area contributed by atoms with Gasteiger partial charge in [-0.05, 0) is 72.4 Å². The predicted molar refractivity (Wildman–Crippen MR) is 124 cm³/mol. The van der Waals surface area contributed by atoms with E-state index < -0.39 is 21.3 Å². The first kappa shape index (κ1) is 22.3. The Bertz CT molecular complexity index is 1420. The monoisotopic (exact) mass is 484 g/mol. The van der Waals surface area contributed by atoms with E-state index in [1.165, 1.54) is 19.2 Å². The van der Waals surface area contributed by atoms with Crippen molar-refractivity contribution >= 4 is 27.3 Å². The van der Waals surface area contributed by atoms with Crippen LogP contribution in [0.15, 0.2) is 59.5 Å². The minimum absolute atomic E-state index is 0.102. The van der Waals surface area contributed by atoms with Crippen molar-refractivity contribution in [2.45, 2.75) is 36.0 Å². The van der Waals surface area contributed by atoms with Crippen LogP contribution < -0.4 is 14.8 Å². The van der Waals surface area contributed by atoms with E-state index in [1.54, 1.807) is 24.3 Å². The maximum Gasteiger partial charge on any atom is 0.265 e. The third kappa shape index (κ3) is 3.69. The zero-order valence-electron chi connectivity index (χ0n) is 18.3. The number of amides is 1. The van der Waals surface area contributed by atoms with Gasteiger partial charge in [0.15, 0.2) is 0 Å². The number of anilines is 2. The number of sulfonamides is 1. The van der Waals surface area contributed by atoms with Crippen molar-refractivity contribution in [3.63, 3.8) is 0 Å². The van der Waals surface area contributed by atoms with Gasteiger partial charge in [-0.25, -0.2) is 17.2 Å². The predicted octanol–water partition coefficient (Wildman–Crippen LogP) is 4.74. The number of halogens is 2. The third-order valence-electron chi connectivity index (χ3n) is 6.57. The lowest BCUT2D eigenvalue weighted by molar-refractivity contribution is -0.123. The molecule has 0 atom stereocenters. The number of methoxy groups -OCH3 is 1. The van der Waals surface area contributed by atoms with E-state index in [1.807, 2.05) is 0 Å². The van der Waals surface area contributed by atoms with Gasteiger partial charge in [0.05, 0.1) is 12.5 Å². The van der Waals surface area contributed by atoms with E-state index in [2.05, 4.69) is 10.0 Å². The van der Waals surface area contributed by atoms with Gasteiger partial charge in [-0.2, -0.15) is 0 Å². The van der Waals surface area contributed by atoms with E-state index in [4.69, 9.17) is 4.74 Å². The highest BCUT2D eigenvalue weighted by molar-refractivity contribution is 7.92. The Labute approximate surface area is 196 Å². The van der Waals surface area contributed by atoms with Crippen LogP contribution in [0, 0.1) is 11.6 Å². The molecule has 0 radical (unpaired) electrons. The Morgan fingerprint density at radius 2 is 1.82 bits per heavy atom. The fourth-order valence-corrected chi connectivity index (χ4v) is 5.94. The van der Waals surface area contributed by atoms with Crippen molar-refractivity contribution in [2.24, 2.45) is 0 Å². The summed E-state index contributed by atoms with van der Waals surface area (Å²) in [7, 11) is -2.87. The number of ether oxygens (including phenoxy) is 1. The van der Waals surface area contributed by atoms with Gasteiger partial charge in [-0.1, -0.05) is 18.6 Å². The summed E-state index contributed by atoms with van der Waals surface area (Å²) in [6.45, 7) is 0. The third-order valence-corrected chi connectivity index (χ3v) is 7.99. The number of carbonyl (C=O) groups is 1. The molecule has 34 heavy (non-hydrogen) atoms. The second-order valence-corrected chi connectivity index (χ2v) is 10.3. The Balaban J connectivity index is 1.59.